The maximum atomic E-state index is 4.36. The molecule has 2 unspecified atom stereocenters. The Kier molecular flexibility index (Phi) is 18.9. The predicted molar refractivity (Wildman–Crippen MR) is 199 cm³/mol. The number of nitrogens with one attached hydrogen (secondary N) is 1. The largest absolute Gasteiger partial charge is 0.382 e. The average molecular weight is 597 g/mol. The molecule has 2 nitrogen and oxygen atoms in total. The third-order valence-electron chi connectivity index (χ3n) is 7.17. The van der Waals surface area contributed by atoms with E-state index in [9.17, 15) is 0 Å². The second kappa shape index (κ2) is 21.5. The van der Waals surface area contributed by atoms with Crippen molar-refractivity contribution in [3.8, 4) is 11.1 Å². The molecule has 0 aliphatic rings. The molecule has 2 aromatic rings. The van der Waals surface area contributed by atoms with Gasteiger partial charge in [-0.15, -0.1) is 9.24 Å². The number of aryl methyl sites for hydroxylation is 1. The van der Waals surface area contributed by atoms with Crippen molar-refractivity contribution in [2.24, 2.45) is 0 Å². The molecule has 0 fully saturated rings. The van der Waals surface area contributed by atoms with Crippen molar-refractivity contribution in [2.75, 3.05) is 19.3 Å². The summed E-state index contributed by atoms with van der Waals surface area (Å²) in [5.74, 6) is 0. The number of hydrogen-bond acceptors (Lipinski definition) is 2. The van der Waals surface area contributed by atoms with Gasteiger partial charge in [0.1, 0.15) is 0 Å². The van der Waals surface area contributed by atoms with Crippen LogP contribution < -0.4 is 5.32 Å². The van der Waals surface area contributed by atoms with E-state index in [-0.39, 0.29) is 6.04 Å². The molecule has 2 atom stereocenters. The molecule has 0 aliphatic heterocycles. The maximum absolute atomic E-state index is 4.36. The lowest BCUT2D eigenvalue weighted by atomic mass is 9.93. The Bertz CT molecular complexity index is 1290. The molecule has 43 heavy (non-hydrogen) atoms. The summed E-state index contributed by atoms with van der Waals surface area (Å²) >= 11 is 0. The molecule has 3 heteroatoms. The first kappa shape index (κ1) is 37.8. The van der Waals surface area contributed by atoms with Crippen LogP contribution in [0, 0.1) is 6.92 Å². The van der Waals surface area contributed by atoms with Gasteiger partial charge in [-0.3, -0.25) is 4.90 Å². The first-order chi connectivity index (χ1) is 20.8. The van der Waals surface area contributed by atoms with Crippen LogP contribution in [-0.4, -0.2) is 30.2 Å². The Morgan fingerprint density at radius 1 is 1.02 bits per heavy atom. The van der Waals surface area contributed by atoms with Crippen molar-refractivity contribution in [2.45, 2.75) is 73.9 Å². The lowest BCUT2D eigenvalue weighted by molar-refractivity contribution is 0.280. The molecule has 0 heterocycles. The zero-order chi connectivity index (χ0) is 32.2. The van der Waals surface area contributed by atoms with Crippen LogP contribution in [0.5, 0.6) is 0 Å². The monoisotopic (exact) mass is 596 g/mol. The van der Waals surface area contributed by atoms with Gasteiger partial charge in [-0.2, -0.15) is 0 Å². The molecule has 1 N–H and O–H groups in total. The van der Waals surface area contributed by atoms with Gasteiger partial charge in [0.05, 0.1) is 0 Å². The zero-order valence-corrected chi connectivity index (χ0v) is 29.2. The molecular formula is C40H57N2P. The Balaban J connectivity index is 0.00000452. The zero-order valence-electron chi connectivity index (χ0n) is 28.0. The molecule has 232 valence electrons. The van der Waals surface area contributed by atoms with Crippen molar-refractivity contribution in [3.05, 3.63) is 138 Å². The highest BCUT2D eigenvalue weighted by Gasteiger charge is 2.12. The van der Waals surface area contributed by atoms with Crippen LogP contribution in [0.25, 0.3) is 16.7 Å². The van der Waals surface area contributed by atoms with Crippen LogP contribution in [0.15, 0.2) is 122 Å². The van der Waals surface area contributed by atoms with Crippen LogP contribution in [0.3, 0.4) is 0 Å². The molecule has 0 aromatic heterocycles. The molecule has 0 saturated heterocycles. The molecule has 0 radical (unpaired) electrons. The van der Waals surface area contributed by atoms with Crippen LogP contribution in [0.1, 0.15) is 71.1 Å². The summed E-state index contributed by atoms with van der Waals surface area (Å²) in [5.41, 5.74) is 10.1. The van der Waals surface area contributed by atoms with E-state index in [1.165, 1.54) is 34.2 Å². The Morgan fingerprint density at radius 3 is 2.35 bits per heavy atom. The van der Waals surface area contributed by atoms with E-state index in [0.717, 1.165) is 54.6 Å². The van der Waals surface area contributed by atoms with Gasteiger partial charge in [0.15, 0.2) is 0 Å². The molecule has 0 saturated carbocycles. The number of benzene rings is 2. The Labute approximate surface area is 267 Å². The van der Waals surface area contributed by atoms with Gasteiger partial charge >= 0.3 is 0 Å². The normalized spacial score (nSPS) is 12.8. The van der Waals surface area contributed by atoms with Gasteiger partial charge < -0.3 is 5.32 Å². The highest BCUT2D eigenvalue weighted by Crippen LogP contribution is 2.29. The molecule has 0 aliphatic carbocycles. The lowest BCUT2D eigenvalue weighted by Gasteiger charge is -2.21. The molecule has 0 spiro atoms. The van der Waals surface area contributed by atoms with E-state index in [4.69, 9.17) is 0 Å². The summed E-state index contributed by atoms with van der Waals surface area (Å²) in [6.07, 6.45) is 17.5. The van der Waals surface area contributed by atoms with E-state index in [0.29, 0.717) is 0 Å². The van der Waals surface area contributed by atoms with E-state index < -0.39 is 0 Å². The number of nitrogens with zero attached hydrogens (tertiary/aromatic N) is 1. The van der Waals surface area contributed by atoms with Gasteiger partial charge in [-0.05, 0) is 116 Å². The second-order valence-corrected chi connectivity index (χ2v) is 10.9. The minimum absolute atomic E-state index is 0.232. The standard InChI is InChI=1S/C38H51N2P.C2H6/c1-9-14-17-32(16-10-2)25-37(28-41)39-31(8)30(7)23-34(12-4)38-26-36(21-20-29(38)6)35-19-15-18-33(24-35)27-40(13-5)22-11-3;1-2/h9-10,12,14-21,23-24,26,37,39H,4,7-8,11,13,22,25,27-28,41H2,1-3,5-6H3;1-2H3/b14-9+,16-10-,32-17+,34-23-;. The number of hydrogen-bond donors (Lipinski definition) is 1. The van der Waals surface area contributed by atoms with E-state index >= 15 is 0 Å². The van der Waals surface area contributed by atoms with Crippen LogP contribution in [-0.2, 0) is 6.54 Å². The van der Waals surface area contributed by atoms with Crippen LogP contribution in [0.4, 0.5) is 0 Å². The first-order valence-electron chi connectivity index (χ1n) is 15.9. The van der Waals surface area contributed by atoms with Gasteiger partial charge in [0.2, 0.25) is 0 Å². The SMILES string of the molecule is C=C/C(=C/C(=C)C(=C)NC(CP)CC(/C=C\C)=C/C=C/C)c1cc(-c2cccc(CN(CC)CCC)c2)ccc1C.CC. The molecule has 2 rings (SSSR count). The minimum Gasteiger partial charge on any atom is -0.382 e. The third-order valence-corrected chi connectivity index (χ3v) is 7.74. The van der Waals surface area contributed by atoms with Crippen molar-refractivity contribution >= 4 is 14.8 Å². The van der Waals surface area contributed by atoms with Crippen molar-refractivity contribution < 1.29 is 0 Å². The maximum Gasteiger partial charge on any atom is 0.0337 e. The van der Waals surface area contributed by atoms with Gasteiger partial charge in [0.25, 0.3) is 0 Å². The summed E-state index contributed by atoms with van der Waals surface area (Å²) in [4.78, 5) is 2.49. The topological polar surface area (TPSA) is 15.3 Å². The molecular weight excluding hydrogens is 539 g/mol. The van der Waals surface area contributed by atoms with Gasteiger partial charge in [0, 0.05) is 18.3 Å². The molecule has 2 aromatic carbocycles. The second-order valence-electron chi connectivity index (χ2n) is 10.5. The summed E-state index contributed by atoms with van der Waals surface area (Å²) in [6, 6.07) is 15.8. The van der Waals surface area contributed by atoms with E-state index in [1.54, 1.807) is 0 Å². The minimum atomic E-state index is 0.232. The fourth-order valence-corrected chi connectivity index (χ4v) is 5.13. The van der Waals surface area contributed by atoms with Crippen molar-refractivity contribution in [1.82, 2.24) is 10.2 Å². The summed E-state index contributed by atoms with van der Waals surface area (Å²) in [5, 5.41) is 3.60. The number of allylic oxidation sites excluding steroid dienone is 8. The highest BCUT2D eigenvalue weighted by molar-refractivity contribution is 7.16. The lowest BCUT2D eigenvalue weighted by Crippen LogP contribution is -2.30. The van der Waals surface area contributed by atoms with Crippen molar-refractivity contribution in [3.63, 3.8) is 0 Å². The van der Waals surface area contributed by atoms with E-state index in [1.807, 2.05) is 26.8 Å². The smallest absolute Gasteiger partial charge is 0.0337 e. The number of rotatable bonds is 17. The first-order valence-corrected chi connectivity index (χ1v) is 16.7. The fraction of sp³-hybridized carbons (Fsp3) is 0.350. The highest BCUT2D eigenvalue weighted by atomic mass is 31.0. The van der Waals surface area contributed by atoms with Crippen LogP contribution in [0.2, 0.25) is 0 Å². The Morgan fingerprint density at radius 2 is 1.74 bits per heavy atom. The van der Waals surface area contributed by atoms with Crippen LogP contribution >= 0.6 is 9.24 Å². The quantitative estimate of drug-likeness (QED) is 0.144. The third kappa shape index (κ3) is 12.9. The molecule has 0 amide bonds. The molecule has 0 bridgehead atoms. The average Bonchev–Trinajstić information content (AvgIpc) is 3.03. The van der Waals surface area contributed by atoms with Crippen molar-refractivity contribution in [1.29, 1.82) is 0 Å². The van der Waals surface area contributed by atoms with Gasteiger partial charge in [-0.1, -0.05) is 114 Å². The summed E-state index contributed by atoms with van der Waals surface area (Å²) < 4.78 is 0. The predicted octanol–water partition coefficient (Wildman–Crippen LogP) is 10.9. The van der Waals surface area contributed by atoms with Gasteiger partial charge in [-0.25, -0.2) is 0 Å². The van der Waals surface area contributed by atoms with E-state index in [2.05, 4.69) is 146 Å². The summed E-state index contributed by atoms with van der Waals surface area (Å²) in [7, 11) is 2.86. The summed E-state index contributed by atoms with van der Waals surface area (Å²) in [6.45, 7) is 30.7. The Hall–Kier alpha value is -3.19. The fourth-order valence-electron chi connectivity index (χ4n) is 4.85.